The van der Waals surface area contributed by atoms with Gasteiger partial charge < -0.3 is 0 Å². The lowest BCUT2D eigenvalue weighted by molar-refractivity contribution is 0.680. The summed E-state index contributed by atoms with van der Waals surface area (Å²) in [5.74, 6) is 2.27. The maximum Gasteiger partial charge on any atom is 0.0527 e. The molecule has 1 radical (unpaired) electrons. The molecule has 0 amide bonds. The summed E-state index contributed by atoms with van der Waals surface area (Å²) < 4.78 is 0. The first-order valence-electron chi connectivity index (χ1n) is 2.24. The summed E-state index contributed by atoms with van der Waals surface area (Å²) in [5.41, 5.74) is 0. The molecule has 0 nitrogen and oxygen atoms in total. The zero-order valence-electron chi connectivity index (χ0n) is 4.24. The zero-order chi connectivity index (χ0) is 4.99. The Morgan fingerprint density at radius 2 is 2.33 bits per heavy atom. The van der Waals surface area contributed by atoms with Crippen molar-refractivity contribution in [2.24, 2.45) is 5.92 Å². The van der Waals surface area contributed by atoms with Crippen LogP contribution in [-0.4, -0.2) is 0 Å². The fourth-order valence-corrected chi connectivity index (χ4v) is 0.267. The second-order valence-electron chi connectivity index (χ2n) is 1.51. The van der Waals surface area contributed by atoms with E-state index in [4.69, 9.17) is 11.6 Å². The summed E-state index contributed by atoms with van der Waals surface area (Å²) in [7, 11) is 0. The third-order valence-corrected chi connectivity index (χ3v) is 1.29. The summed E-state index contributed by atoms with van der Waals surface area (Å²) in [4.78, 5) is 0. The highest BCUT2D eigenvalue weighted by molar-refractivity contribution is 6.23. The van der Waals surface area contributed by atoms with Crippen LogP contribution >= 0.6 is 11.6 Å². The van der Waals surface area contributed by atoms with Gasteiger partial charge in [-0.15, -0.1) is 11.6 Å². The molecule has 0 bridgehead atoms. The zero-order valence-corrected chi connectivity index (χ0v) is 5.00. The largest absolute Gasteiger partial charge is 0.121 e. The molecule has 0 spiro atoms. The van der Waals surface area contributed by atoms with Crippen LogP contribution in [0.1, 0.15) is 20.3 Å². The topological polar surface area (TPSA) is 0 Å². The van der Waals surface area contributed by atoms with Crippen LogP contribution in [0.15, 0.2) is 0 Å². The molecule has 0 N–H and O–H groups in total. The molecule has 0 heterocycles. The van der Waals surface area contributed by atoms with Crippen molar-refractivity contribution < 1.29 is 0 Å². The fraction of sp³-hybridized carbons (Fsp3) is 0.800. The van der Waals surface area contributed by atoms with E-state index in [2.05, 4.69) is 13.8 Å². The van der Waals surface area contributed by atoms with E-state index < -0.39 is 0 Å². The molecule has 0 aromatic carbocycles. The van der Waals surface area contributed by atoms with E-state index in [1.54, 1.807) is 5.88 Å². The normalized spacial score (nSPS) is 14.5. The van der Waals surface area contributed by atoms with E-state index in [0.717, 1.165) is 6.42 Å². The summed E-state index contributed by atoms with van der Waals surface area (Å²) in [5, 5.41) is 0. The Morgan fingerprint density at radius 1 is 1.83 bits per heavy atom. The third-order valence-electron chi connectivity index (χ3n) is 0.859. The van der Waals surface area contributed by atoms with Crippen molar-refractivity contribution in [2.45, 2.75) is 20.3 Å². The van der Waals surface area contributed by atoms with E-state index in [-0.39, 0.29) is 0 Å². The van der Waals surface area contributed by atoms with Crippen LogP contribution in [0.3, 0.4) is 0 Å². The number of halogens is 1. The van der Waals surface area contributed by atoms with Gasteiger partial charge >= 0.3 is 0 Å². The number of hydrogen-bond acceptors (Lipinski definition) is 0. The highest BCUT2D eigenvalue weighted by atomic mass is 35.5. The van der Waals surface area contributed by atoms with Crippen molar-refractivity contribution >= 4 is 11.6 Å². The second kappa shape index (κ2) is 3.48. The van der Waals surface area contributed by atoms with E-state index in [1.165, 1.54) is 0 Å². The molecule has 0 saturated heterocycles. The molecule has 0 aromatic rings. The van der Waals surface area contributed by atoms with Crippen LogP contribution in [0.2, 0.25) is 0 Å². The van der Waals surface area contributed by atoms with Crippen molar-refractivity contribution in [1.82, 2.24) is 0 Å². The van der Waals surface area contributed by atoms with E-state index in [9.17, 15) is 0 Å². The first kappa shape index (κ1) is 6.29. The molecule has 0 aliphatic rings. The minimum absolute atomic E-state index is 0.576. The van der Waals surface area contributed by atoms with Crippen LogP contribution in [0.25, 0.3) is 0 Å². The van der Waals surface area contributed by atoms with Crippen LogP contribution in [0, 0.1) is 11.8 Å². The molecule has 1 heteroatoms. The lowest BCUT2D eigenvalue weighted by Crippen LogP contribution is -1.84. The van der Waals surface area contributed by atoms with Crippen LogP contribution in [0.5, 0.6) is 0 Å². The first-order valence-corrected chi connectivity index (χ1v) is 2.68. The quantitative estimate of drug-likeness (QED) is 0.506. The summed E-state index contributed by atoms with van der Waals surface area (Å²) in [6, 6.07) is 0. The average Bonchev–Trinajstić information content (AvgIpc) is 1.65. The van der Waals surface area contributed by atoms with Crippen LogP contribution < -0.4 is 0 Å². The van der Waals surface area contributed by atoms with Crippen molar-refractivity contribution in [1.29, 1.82) is 0 Å². The summed E-state index contributed by atoms with van der Waals surface area (Å²) in [6.07, 6.45) is 1.14. The lowest BCUT2D eigenvalue weighted by atomic mass is 10.2. The monoisotopic (exact) mass is 105 g/mol. The van der Waals surface area contributed by atoms with Crippen molar-refractivity contribution in [3.63, 3.8) is 0 Å². The highest BCUT2D eigenvalue weighted by Crippen LogP contribution is 2.06. The van der Waals surface area contributed by atoms with Gasteiger partial charge in [0.15, 0.2) is 0 Å². The fourth-order valence-electron chi connectivity index (χ4n) is 0.0891. The lowest BCUT2D eigenvalue weighted by Gasteiger charge is -1.96. The Hall–Kier alpha value is 0.290. The van der Waals surface area contributed by atoms with Gasteiger partial charge in [-0.25, -0.2) is 0 Å². The molecule has 1 atom stereocenters. The Balaban J connectivity index is 2.75. The van der Waals surface area contributed by atoms with Gasteiger partial charge in [0.25, 0.3) is 0 Å². The minimum atomic E-state index is 0.576. The third kappa shape index (κ3) is 2.52. The SMILES string of the molecule is CC[C@@H](C)[CH]Cl. The Bertz CT molecular complexity index is 23.1. The van der Waals surface area contributed by atoms with Crippen molar-refractivity contribution in [3.05, 3.63) is 5.88 Å². The molecule has 6 heavy (non-hydrogen) atoms. The highest BCUT2D eigenvalue weighted by Gasteiger charge is 1.91. The average molecular weight is 106 g/mol. The summed E-state index contributed by atoms with van der Waals surface area (Å²) >= 11 is 5.33. The number of hydrogen-bond donors (Lipinski definition) is 0. The molecule has 0 aliphatic heterocycles. The molecule has 0 saturated carbocycles. The van der Waals surface area contributed by atoms with E-state index in [0.29, 0.717) is 5.92 Å². The Labute approximate surface area is 44.5 Å². The molecule has 37 valence electrons. The van der Waals surface area contributed by atoms with Gasteiger partial charge in [-0.05, 0) is 5.92 Å². The molecular formula is C5H10Cl. The van der Waals surface area contributed by atoms with Crippen LogP contribution in [0.4, 0.5) is 0 Å². The smallest absolute Gasteiger partial charge is 0.0527 e. The van der Waals surface area contributed by atoms with E-state index in [1.807, 2.05) is 0 Å². The molecule has 0 fully saturated rings. The molecular weight excluding hydrogens is 95.5 g/mol. The van der Waals surface area contributed by atoms with Gasteiger partial charge in [-0.1, -0.05) is 20.3 Å². The molecule has 0 aromatic heterocycles. The van der Waals surface area contributed by atoms with Gasteiger partial charge in [0.2, 0.25) is 0 Å². The Kier molecular flexibility index (Phi) is 3.65. The molecule has 0 unspecified atom stereocenters. The standard InChI is InChI=1S/C5H10Cl/c1-3-5(2)4-6/h4-5H,3H2,1-2H3/t5-/m1/s1. The predicted octanol–water partition coefficient (Wildman–Crippen LogP) is 2.43. The predicted molar refractivity (Wildman–Crippen MR) is 29.6 cm³/mol. The maximum absolute atomic E-state index is 5.33. The molecule has 0 rings (SSSR count). The van der Waals surface area contributed by atoms with Crippen molar-refractivity contribution in [3.8, 4) is 0 Å². The first-order chi connectivity index (χ1) is 2.81. The second-order valence-corrected chi connectivity index (χ2v) is 1.76. The van der Waals surface area contributed by atoms with Crippen molar-refractivity contribution in [2.75, 3.05) is 0 Å². The summed E-state index contributed by atoms with van der Waals surface area (Å²) in [6.45, 7) is 4.20. The van der Waals surface area contributed by atoms with Gasteiger partial charge in [0.05, 0.1) is 5.88 Å². The van der Waals surface area contributed by atoms with Crippen LogP contribution in [-0.2, 0) is 0 Å². The van der Waals surface area contributed by atoms with Gasteiger partial charge in [0, 0.05) is 0 Å². The number of rotatable bonds is 2. The van der Waals surface area contributed by atoms with Gasteiger partial charge in [-0.2, -0.15) is 0 Å². The van der Waals surface area contributed by atoms with E-state index >= 15 is 0 Å². The van der Waals surface area contributed by atoms with Gasteiger partial charge in [-0.3, -0.25) is 0 Å². The molecule has 0 aliphatic carbocycles. The van der Waals surface area contributed by atoms with Gasteiger partial charge in [0.1, 0.15) is 0 Å². The minimum Gasteiger partial charge on any atom is -0.121 e. The Morgan fingerprint density at radius 3 is 2.33 bits per heavy atom. The maximum atomic E-state index is 5.33.